The minimum atomic E-state index is 0.730. The molecule has 0 saturated heterocycles. The Labute approximate surface area is 206 Å². The van der Waals surface area contributed by atoms with Crippen LogP contribution in [0.4, 0.5) is 0 Å². The zero-order valence-electron chi connectivity index (χ0n) is 19.2. The second kappa shape index (κ2) is 8.81. The number of hydrogen-bond acceptors (Lipinski definition) is 6. The van der Waals surface area contributed by atoms with Crippen LogP contribution in [-0.4, -0.2) is 34.7 Å². The molecule has 2 aromatic carbocycles. The highest BCUT2D eigenvalue weighted by atomic mass is 32.2. The van der Waals surface area contributed by atoms with Crippen molar-refractivity contribution < 1.29 is 0 Å². The molecular weight excluding hydrogens is 454 g/mol. The molecule has 0 aliphatic heterocycles. The molecule has 0 atom stereocenters. The number of H-pyrrole nitrogens is 1. The molecule has 1 N–H and O–H groups in total. The van der Waals surface area contributed by atoms with Crippen molar-refractivity contribution in [1.29, 1.82) is 0 Å². The quantitative estimate of drug-likeness (QED) is 0.332. The van der Waals surface area contributed by atoms with Crippen LogP contribution in [0.5, 0.6) is 0 Å². The summed E-state index contributed by atoms with van der Waals surface area (Å²) < 4.78 is 1.90. The first kappa shape index (κ1) is 21.2. The van der Waals surface area contributed by atoms with E-state index in [1.165, 1.54) is 0 Å². The third kappa shape index (κ3) is 4.08. The second-order valence-corrected chi connectivity index (χ2v) is 9.24. The van der Waals surface area contributed by atoms with Crippen molar-refractivity contribution in [2.24, 2.45) is 7.05 Å². The van der Waals surface area contributed by atoms with E-state index in [4.69, 9.17) is 4.98 Å². The van der Waals surface area contributed by atoms with Gasteiger partial charge in [0.1, 0.15) is 17.5 Å². The Morgan fingerprint density at radius 2 is 1.71 bits per heavy atom. The standard InChI is InChI=1S/C27H21N7S/c1-17-10-11-18(15-29-17)20-7-3-4-8-21(20)19-13-23-25(24(14-19)35-27-33-30-16-34(27)2)32-26(31-23)22-9-5-6-12-28-22/h3-16H,1-2H3,(H,31,32). The first-order valence-corrected chi connectivity index (χ1v) is 12.0. The molecule has 6 aromatic rings. The van der Waals surface area contributed by atoms with Gasteiger partial charge in [-0.15, -0.1) is 10.2 Å². The van der Waals surface area contributed by atoms with Crippen LogP contribution in [0.15, 0.2) is 95.5 Å². The van der Waals surface area contributed by atoms with Crippen LogP contribution in [0.25, 0.3) is 44.8 Å². The average molecular weight is 476 g/mol. The van der Waals surface area contributed by atoms with Crippen LogP contribution in [0.1, 0.15) is 5.69 Å². The number of aromatic nitrogens is 7. The Hall–Kier alpha value is -4.30. The molecule has 4 heterocycles. The maximum Gasteiger partial charge on any atom is 0.195 e. The Bertz CT molecular complexity index is 1640. The summed E-state index contributed by atoms with van der Waals surface area (Å²) in [6.45, 7) is 2.00. The topological polar surface area (TPSA) is 85.2 Å². The third-order valence-corrected chi connectivity index (χ3v) is 6.87. The van der Waals surface area contributed by atoms with Crippen LogP contribution in [0.3, 0.4) is 0 Å². The highest BCUT2D eigenvalue weighted by Crippen LogP contribution is 2.39. The van der Waals surface area contributed by atoms with Crippen LogP contribution < -0.4 is 0 Å². The molecule has 0 aliphatic carbocycles. The summed E-state index contributed by atoms with van der Waals surface area (Å²) in [7, 11) is 1.94. The second-order valence-electron chi connectivity index (χ2n) is 8.23. The van der Waals surface area contributed by atoms with Gasteiger partial charge in [-0.25, -0.2) is 4.98 Å². The number of pyridine rings is 2. The van der Waals surface area contributed by atoms with Crippen molar-refractivity contribution in [3.8, 4) is 33.8 Å². The van der Waals surface area contributed by atoms with E-state index in [1.807, 2.05) is 49.0 Å². The number of aromatic amines is 1. The Morgan fingerprint density at radius 3 is 2.43 bits per heavy atom. The van der Waals surface area contributed by atoms with E-state index in [9.17, 15) is 0 Å². The van der Waals surface area contributed by atoms with Crippen LogP contribution >= 0.6 is 11.8 Å². The average Bonchev–Trinajstić information content (AvgIpc) is 3.51. The SMILES string of the molecule is Cc1ccc(-c2ccccc2-c2cc(Sc3nncn3C)c3nc(-c4ccccn4)[nH]c3c2)cn1. The normalized spacial score (nSPS) is 11.3. The number of hydrogen-bond donors (Lipinski definition) is 1. The summed E-state index contributed by atoms with van der Waals surface area (Å²) in [6.07, 6.45) is 5.40. The van der Waals surface area contributed by atoms with Crippen molar-refractivity contribution in [1.82, 2.24) is 34.7 Å². The molecule has 0 radical (unpaired) electrons. The number of rotatable bonds is 5. The molecule has 0 unspecified atom stereocenters. The van der Waals surface area contributed by atoms with E-state index in [1.54, 1.807) is 24.3 Å². The minimum absolute atomic E-state index is 0.730. The molecular formula is C27H21N7S. The Morgan fingerprint density at radius 1 is 0.886 bits per heavy atom. The van der Waals surface area contributed by atoms with E-state index >= 15 is 0 Å². The van der Waals surface area contributed by atoms with E-state index < -0.39 is 0 Å². The van der Waals surface area contributed by atoms with Crippen molar-refractivity contribution in [2.75, 3.05) is 0 Å². The molecule has 8 heteroatoms. The number of aryl methyl sites for hydroxylation is 2. The summed E-state index contributed by atoms with van der Waals surface area (Å²) in [5, 5.41) is 9.11. The summed E-state index contributed by atoms with van der Waals surface area (Å²) >= 11 is 1.55. The monoisotopic (exact) mass is 475 g/mol. The summed E-state index contributed by atoms with van der Waals surface area (Å²) in [4.78, 5) is 18.4. The van der Waals surface area contributed by atoms with Gasteiger partial charge < -0.3 is 9.55 Å². The van der Waals surface area contributed by atoms with Crippen LogP contribution in [0.2, 0.25) is 0 Å². The van der Waals surface area contributed by atoms with Gasteiger partial charge >= 0.3 is 0 Å². The minimum Gasteiger partial charge on any atom is -0.337 e. The lowest BCUT2D eigenvalue weighted by Crippen LogP contribution is -1.91. The van der Waals surface area contributed by atoms with Gasteiger partial charge in [-0.1, -0.05) is 36.4 Å². The molecule has 7 nitrogen and oxygen atoms in total. The molecule has 6 rings (SSSR count). The van der Waals surface area contributed by atoms with Gasteiger partial charge in [0.15, 0.2) is 11.0 Å². The van der Waals surface area contributed by atoms with Crippen molar-refractivity contribution in [2.45, 2.75) is 17.0 Å². The largest absolute Gasteiger partial charge is 0.337 e. The Balaban J connectivity index is 1.55. The van der Waals surface area contributed by atoms with E-state index in [0.29, 0.717) is 0 Å². The van der Waals surface area contributed by atoms with Crippen molar-refractivity contribution >= 4 is 22.8 Å². The Kier molecular flexibility index (Phi) is 5.35. The predicted molar refractivity (Wildman–Crippen MR) is 138 cm³/mol. The van der Waals surface area contributed by atoms with E-state index in [2.05, 4.69) is 67.6 Å². The van der Waals surface area contributed by atoms with Gasteiger partial charge in [0.05, 0.1) is 5.52 Å². The molecule has 35 heavy (non-hydrogen) atoms. The van der Waals surface area contributed by atoms with E-state index in [0.717, 1.165) is 60.6 Å². The zero-order chi connectivity index (χ0) is 23.8. The van der Waals surface area contributed by atoms with Gasteiger partial charge in [-0.05, 0) is 65.7 Å². The number of benzene rings is 2. The van der Waals surface area contributed by atoms with Gasteiger partial charge in [0, 0.05) is 35.6 Å². The lowest BCUT2D eigenvalue weighted by molar-refractivity contribution is 0.789. The maximum absolute atomic E-state index is 4.91. The zero-order valence-corrected chi connectivity index (χ0v) is 20.0. The van der Waals surface area contributed by atoms with Gasteiger partial charge in [0.25, 0.3) is 0 Å². The fourth-order valence-corrected chi connectivity index (χ4v) is 4.93. The fourth-order valence-electron chi connectivity index (χ4n) is 4.02. The summed E-state index contributed by atoms with van der Waals surface area (Å²) in [5.41, 5.74) is 8.00. The highest BCUT2D eigenvalue weighted by molar-refractivity contribution is 7.99. The summed E-state index contributed by atoms with van der Waals surface area (Å²) in [6, 6.07) is 22.7. The lowest BCUT2D eigenvalue weighted by atomic mass is 9.95. The first-order chi connectivity index (χ1) is 17.2. The van der Waals surface area contributed by atoms with Gasteiger partial charge in [0.2, 0.25) is 0 Å². The van der Waals surface area contributed by atoms with Crippen LogP contribution in [-0.2, 0) is 7.05 Å². The van der Waals surface area contributed by atoms with E-state index in [-0.39, 0.29) is 0 Å². The first-order valence-electron chi connectivity index (χ1n) is 11.1. The van der Waals surface area contributed by atoms with Crippen molar-refractivity contribution in [3.63, 3.8) is 0 Å². The number of nitrogens with zero attached hydrogens (tertiary/aromatic N) is 6. The molecule has 4 aromatic heterocycles. The molecule has 0 bridgehead atoms. The number of nitrogens with one attached hydrogen (secondary N) is 1. The number of imidazole rings is 1. The predicted octanol–water partition coefficient (Wildman–Crippen LogP) is 5.94. The number of fused-ring (bicyclic) bond motifs is 1. The van der Waals surface area contributed by atoms with Crippen LogP contribution in [0, 0.1) is 6.92 Å². The molecule has 170 valence electrons. The highest BCUT2D eigenvalue weighted by Gasteiger charge is 2.17. The molecule has 0 saturated carbocycles. The molecule has 0 spiro atoms. The molecule has 0 amide bonds. The maximum atomic E-state index is 4.91. The fraction of sp³-hybridized carbons (Fsp3) is 0.0741. The molecule has 0 aliphatic rings. The smallest absolute Gasteiger partial charge is 0.195 e. The third-order valence-electron chi connectivity index (χ3n) is 5.79. The lowest BCUT2D eigenvalue weighted by Gasteiger charge is -2.12. The van der Waals surface area contributed by atoms with Crippen molar-refractivity contribution in [3.05, 3.63) is 91.1 Å². The van der Waals surface area contributed by atoms with Gasteiger partial charge in [-0.2, -0.15) is 0 Å². The summed E-state index contributed by atoms with van der Waals surface area (Å²) in [5.74, 6) is 0.730. The molecule has 0 fully saturated rings. The van der Waals surface area contributed by atoms with Gasteiger partial charge in [-0.3, -0.25) is 9.97 Å².